The molecular formula is C17H16F2N2O5. The number of carbonyl (C=O) groups is 2. The normalized spacial score (nSPS) is 10.2. The molecule has 0 aromatic heterocycles. The smallest absolute Gasteiger partial charge is 0.387 e. The Hall–Kier alpha value is -3.36. The van der Waals surface area contributed by atoms with Gasteiger partial charge in [0.2, 0.25) is 0 Å². The Morgan fingerprint density at radius 2 is 1.31 bits per heavy atom. The summed E-state index contributed by atoms with van der Waals surface area (Å²) in [4.78, 5) is 24.1. The summed E-state index contributed by atoms with van der Waals surface area (Å²) in [6.07, 6.45) is 0. The molecule has 0 aliphatic rings. The molecule has 2 aromatic carbocycles. The van der Waals surface area contributed by atoms with E-state index in [-0.39, 0.29) is 16.9 Å². The zero-order valence-corrected chi connectivity index (χ0v) is 13.9. The Labute approximate surface area is 147 Å². The fourth-order valence-electron chi connectivity index (χ4n) is 1.98. The zero-order chi connectivity index (χ0) is 19.1. The average Bonchev–Trinajstić information content (AvgIpc) is 2.65. The van der Waals surface area contributed by atoms with Gasteiger partial charge < -0.3 is 14.2 Å². The molecule has 0 spiro atoms. The third kappa shape index (κ3) is 5.07. The van der Waals surface area contributed by atoms with Gasteiger partial charge in [-0.1, -0.05) is 0 Å². The van der Waals surface area contributed by atoms with Crippen molar-refractivity contribution in [1.82, 2.24) is 10.9 Å². The lowest BCUT2D eigenvalue weighted by Crippen LogP contribution is -2.41. The van der Waals surface area contributed by atoms with E-state index in [1.807, 2.05) is 0 Å². The van der Waals surface area contributed by atoms with Crippen LogP contribution in [0.5, 0.6) is 17.2 Å². The maximum atomic E-state index is 12.2. The molecule has 0 fully saturated rings. The van der Waals surface area contributed by atoms with Crippen LogP contribution in [0.25, 0.3) is 0 Å². The number of alkyl halides is 2. The zero-order valence-electron chi connectivity index (χ0n) is 13.9. The van der Waals surface area contributed by atoms with Gasteiger partial charge in [-0.2, -0.15) is 8.78 Å². The fourth-order valence-corrected chi connectivity index (χ4v) is 1.98. The van der Waals surface area contributed by atoms with Crippen molar-refractivity contribution in [3.8, 4) is 17.2 Å². The molecule has 0 radical (unpaired) electrons. The highest BCUT2D eigenvalue weighted by Gasteiger charge is 2.12. The number of hydrogen-bond acceptors (Lipinski definition) is 5. The van der Waals surface area contributed by atoms with Crippen molar-refractivity contribution < 1.29 is 32.6 Å². The second kappa shape index (κ2) is 8.65. The lowest BCUT2D eigenvalue weighted by Gasteiger charge is -2.10. The van der Waals surface area contributed by atoms with E-state index in [9.17, 15) is 18.4 Å². The van der Waals surface area contributed by atoms with E-state index in [1.54, 1.807) is 6.07 Å². The highest BCUT2D eigenvalue weighted by Crippen LogP contribution is 2.22. The molecule has 0 heterocycles. The topological polar surface area (TPSA) is 85.9 Å². The Morgan fingerprint density at radius 1 is 0.808 bits per heavy atom. The summed E-state index contributed by atoms with van der Waals surface area (Å²) >= 11 is 0. The standard InChI is InChI=1S/C17H16F2N2O5/c1-24-13-7-11(8-14(9-13)25-2)16(23)21-20-15(22)10-3-5-12(6-4-10)26-17(18)19/h3-9,17H,1-2H3,(H,20,22)(H,21,23). The van der Waals surface area contributed by atoms with Gasteiger partial charge in [0.25, 0.3) is 11.8 Å². The van der Waals surface area contributed by atoms with E-state index in [1.165, 1.54) is 50.6 Å². The van der Waals surface area contributed by atoms with Crippen molar-refractivity contribution in [3.63, 3.8) is 0 Å². The number of amides is 2. The van der Waals surface area contributed by atoms with Crippen LogP contribution in [-0.2, 0) is 0 Å². The van der Waals surface area contributed by atoms with Crippen LogP contribution in [0, 0.1) is 0 Å². The van der Waals surface area contributed by atoms with Crippen LogP contribution >= 0.6 is 0 Å². The maximum Gasteiger partial charge on any atom is 0.387 e. The number of carbonyl (C=O) groups excluding carboxylic acids is 2. The molecule has 26 heavy (non-hydrogen) atoms. The van der Waals surface area contributed by atoms with Crippen molar-refractivity contribution in [2.24, 2.45) is 0 Å². The third-order valence-corrected chi connectivity index (χ3v) is 3.24. The highest BCUT2D eigenvalue weighted by atomic mass is 19.3. The summed E-state index contributed by atoms with van der Waals surface area (Å²) in [5, 5.41) is 0. The van der Waals surface area contributed by atoms with Crippen LogP contribution in [0.1, 0.15) is 20.7 Å². The summed E-state index contributed by atoms with van der Waals surface area (Å²) < 4.78 is 38.5. The Morgan fingerprint density at radius 3 is 1.77 bits per heavy atom. The second-order valence-corrected chi connectivity index (χ2v) is 4.91. The first-order valence-electron chi connectivity index (χ1n) is 7.31. The van der Waals surface area contributed by atoms with Gasteiger partial charge in [0.1, 0.15) is 17.2 Å². The molecule has 0 aliphatic carbocycles. The molecule has 0 aliphatic heterocycles. The number of benzene rings is 2. The lowest BCUT2D eigenvalue weighted by atomic mass is 10.2. The summed E-state index contributed by atoms with van der Waals surface area (Å²) in [6.45, 7) is -2.95. The number of hydrogen-bond donors (Lipinski definition) is 2. The summed E-state index contributed by atoms with van der Waals surface area (Å²) in [7, 11) is 2.89. The van der Waals surface area contributed by atoms with Gasteiger partial charge in [0, 0.05) is 17.2 Å². The van der Waals surface area contributed by atoms with Crippen LogP contribution in [0.4, 0.5) is 8.78 Å². The molecule has 7 nitrogen and oxygen atoms in total. The second-order valence-electron chi connectivity index (χ2n) is 4.91. The monoisotopic (exact) mass is 366 g/mol. The quantitative estimate of drug-likeness (QED) is 0.767. The van der Waals surface area contributed by atoms with Crippen molar-refractivity contribution in [3.05, 3.63) is 53.6 Å². The van der Waals surface area contributed by atoms with Crippen LogP contribution < -0.4 is 25.1 Å². The summed E-state index contributed by atoms with van der Waals surface area (Å²) in [6, 6.07) is 9.55. The number of ether oxygens (including phenoxy) is 3. The van der Waals surface area contributed by atoms with E-state index in [2.05, 4.69) is 15.6 Å². The Kier molecular flexibility index (Phi) is 6.31. The molecule has 138 valence electrons. The largest absolute Gasteiger partial charge is 0.497 e. The molecule has 0 bridgehead atoms. The fraction of sp³-hybridized carbons (Fsp3) is 0.176. The number of rotatable bonds is 6. The van der Waals surface area contributed by atoms with Crippen molar-refractivity contribution in [2.45, 2.75) is 6.61 Å². The number of hydrazine groups is 1. The minimum absolute atomic E-state index is 0.0796. The highest BCUT2D eigenvalue weighted by molar-refractivity contribution is 5.99. The number of methoxy groups -OCH3 is 2. The Balaban J connectivity index is 1.99. The van der Waals surface area contributed by atoms with Gasteiger partial charge >= 0.3 is 6.61 Å². The predicted molar refractivity (Wildman–Crippen MR) is 87.6 cm³/mol. The van der Waals surface area contributed by atoms with E-state index in [4.69, 9.17) is 9.47 Å². The van der Waals surface area contributed by atoms with Gasteiger partial charge in [-0.15, -0.1) is 0 Å². The molecule has 0 atom stereocenters. The van der Waals surface area contributed by atoms with Gasteiger partial charge in [-0.25, -0.2) is 0 Å². The van der Waals surface area contributed by atoms with Crippen molar-refractivity contribution in [2.75, 3.05) is 14.2 Å². The minimum atomic E-state index is -2.95. The predicted octanol–water partition coefficient (Wildman–Crippen LogP) is 2.38. The van der Waals surface area contributed by atoms with Crippen LogP contribution in [-0.4, -0.2) is 32.6 Å². The molecule has 2 amide bonds. The molecule has 2 N–H and O–H groups in total. The van der Waals surface area contributed by atoms with Crippen LogP contribution in [0.3, 0.4) is 0 Å². The van der Waals surface area contributed by atoms with Gasteiger partial charge in [-0.3, -0.25) is 20.4 Å². The molecule has 0 saturated carbocycles. The van der Waals surface area contributed by atoms with Gasteiger partial charge in [0.15, 0.2) is 0 Å². The van der Waals surface area contributed by atoms with E-state index >= 15 is 0 Å². The average molecular weight is 366 g/mol. The van der Waals surface area contributed by atoms with Gasteiger partial charge in [0.05, 0.1) is 14.2 Å². The molecule has 2 rings (SSSR count). The van der Waals surface area contributed by atoms with Crippen LogP contribution in [0.2, 0.25) is 0 Å². The molecule has 9 heteroatoms. The number of halogens is 2. The van der Waals surface area contributed by atoms with E-state index in [0.717, 1.165) is 0 Å². The summed E-state index contributed by atoms with van der Waals surface area (Å²) in [5.74, 6) is -0.472. The van der Waals surface area contributed by atoms with E-state index in [0.29, 0.717) is 11.5 Å². The molecular weight excluding hydrogens is 350 g/mol. The van der Waals surface area contributed by atoms with Gasteiger partial charge in [-0.05, 0) is 36.4 Å². The minimum Gasteiger partial charge on any atom is -0.497 e. The summed E-state index contributed by atoms with van der Waals surface area (Å²) in [5.41, 5.74) is 4.83. The first kappa shape index (κ1) is 19.0. The molecule has 0 unspecified atom stereocenters. The number of nitrogens with one attached hydrogen (secondary N) is 2. The lowest BCUT2D eigenvalue weighted by molar-refractivity contribution is -0.0498. The van der Waals surface area contributed by atoms with Crippen molar-refractivity contribution in [1.29, 1.82) is 0 Å². The molecule has 0 saturated heterocycles. The first-order valence-corrected chi connectivity index (χ1v) is 7.31. The SMILES string of the molecule is COc1cc(OC)cc(C(=O)NNC(=O)c2ccc(OC(F)F)cc2)c1. The first-order chi connectivity index (χ1) is 12.4. The van der Waals surface area contributed by atoms with Crippen LogP contribution in [0.15, 0.2) is 42.5 Å². The Bertz CT molecular complexity index is 759. The van der Waals surface area contributed by atoms with Crippen molar-refractivity contribution >= 4 is 11.8 Å². The third-order valence-electron chi connectivity index (χ3n) is 3.24. The van der Waals surface area contributed by atoms with E-state index < -0.39 is 18.4 Å². The molecule has 2 aromatic rings. The maximum absolute atomic E-state index is 12.2.